The van der Waals surface area contributed by atoms with Gasteiger partial charge in [-0.25, -0.2) is 0 Å². The van der Waals surface area contributed by atoms with Crippen molar-refractivity contribution in [1.82, 2.24) is 4.90 Å². The van der Waals surface area contributed by atoms with Gasteiger partial charge >= 0.3 is 5.97 Å². The van der Waals surface area contributed by atoms with E-state index in [2.05, 4.69) is 11.8 Å². The van der Waals surface area contributed by atoms with Gasteiger partial charge in [0.25, 0.3) is 0 Å². The molecule has 0 amide bonds. The van der Waals surface area contributed by atoms with Crippen molar-refractivity contribution < 1.29 is 14.3 Å². The normalized spacial score (nSPS) is 15.4. The van der Waals surface area contributed by atoms with Gasteiger partial charge in [-0.3, -0.25) is 4.79 Å². The second-order valence-electron chi connectivity index (χ2n) is 5.69. The van der Waals surface area contributed by atoms with Crippen molar-refractivity contribution in [2.45, 2.75) is 31.8 Å². The van der Waals surface area contributed by atoms with E-state index in [-0.39, 0.29) is 6.04 Å². The van der Waals surface area contributed by atoms with Gasteiger partial charge in [-0.05, 0) is 38.9 Å². The Kier molecular flexibility index (Phi) is 6.18. The molecule has 0 saturated heterocycles. The van der Waals surface area contributed by atoms with E-state index in [1.165, 1.54) is 7.11 Å². The first-order valence-corrected chi connectivity index (χ1v) is 7.01. The highest BCUT2D eigenvalue weighted by atomic mass is 16.5. The number of benzene rings is 1. The Morgan fingerprint density at radius 3 is 2.57 bits per heavy atom. The molecule has 0 heterocycles. The van der Waals surface area contributed by atoms with Gasteiger partial charge < -0.3 is 20.1 Å². The first-order chi connectivity index (χ1) is 9.81. The fraction of sp³-hybridized carbons (Fsp3) is 0.562. The number of rotatable bonds is 7. The number of hydrogen-bond acceptors (Lipinski definition) is 5. The number of carbonyl (C=O) groups is 1. The molecule has 0 spiro atoms. The van der Waals surface area contributed by atoms with Crippen LogP contribution in [0, 0.1) is 0 Å². The van der Waals surface area contributed by atoms with Crippen molar-refractivity contribution in [2.24, 2.45) is 5.73 Å². The number of nitrogens with zero attached hydrogens (tertiary/aromatic N) is 1. The van der Waals surface area contributed by atoms with E-state index in [1.54, 1.807) is 14.0 Å². The monoisotopic (exact) mass is 294 g/mol. The molecule has 0 bridgehead atoms. The van der Waals surface area contributed by atoms with Crippen molar-refractivity contribution in [3.63, 3.8) is 0 Å². The van der Waals surface area contributed by atoms with E-state index in [1.807, 2.05) is 31.3 Å². The van der Waals surface area contributed by atoms with Crippen molar-refractivity contribution in [1.29, 1.82) is 0 Å². The highest BCUT2D eigenvalue weighted by molar-refractivity contribution is 5.80. The molecule has 0 aliphatic heterocycles. The fourth-order valence-corrected chi connectivity index (χ4v) is 2.32. The minimum Gasteiger partial charge on any atom is -0.496 e. The van der Waals surface area contributed by atoms with E-state index in [0.29, 0.717) is 6.54 Å². The van der Waals surface area contributed by atoms with Crippen LogP contribution in [0.1, 0.15) is 19.4 Å². The number of ether oxygens (including phenoxy) is 2. The van der Waals surface area contributed by atoms with Crippen LogP contribution in [0.5, 0.6) is 5.75 Å². The maximum absolute atomic E-state index is 11.7. The Labute approximate surface area is 127 Å². The van der Waals surface area contributed by atoms with Gasteiger partial charge in [0, 0.05) is 12.6 Å². The van der Waals surface area contributed by atoms with Crippen molar-refractivity contribution in [2.75, 3.05) is 27.8 Å². The minimum absolute atomic E-state index is 0.217. The summed E-state index contributed by atoms with van der Waals surface area (Å²) in [5.41, 5.74) is 6.14. The molecule has 0 radical (unpaired) electrons. The summed E-state index contributed by atoms with van der Waals surface area (Å²) in [6, 6.07) is 8.15. The molecule has 1 rings (SSSR count). The van der Waals surface area contributed by atoms with Crippen LogP contribution in [-0.4, -0.2) is 50.3 Å². The number of likely N-dealkylation sites (N-methyl/N-ethyl adjacent to an activating group) is 1. The number of methoxy groups -OCH3 is 2. The molecule has 0 fully saturated rings. The van der Waals surface area contributed by atoms with E-state index in [9.17, 15) is 4.79 Å². The third kappa shape index (κ3) is 4.72. The molecule has 0 aromatic heterocycles. The molecule has 0 aliphatic rings. The van der Waals surface area contributed by atoms with Crippen LogP contribution >= 0.6 is 0 Å². The summed E-state index contributed by atoms with van der Waals surface area (Å²) < 4.78 is 10.1. The average Bonchev–Trinajstić information content (AvgIpc) is 2.46. The molecule has 2 atom stereocenters. The number of carbonyl (C=O) groups excluding carboxylic acids is 1. The summed E-state index contributed by atoms with van der Waals surface area (Å²) in [7, 11) is 4.97. The maximum atomic E-state index is 11.7. The largest absolute Gasteiger partial charge is 0.496 e. The molecule has 1 aromatic rings. The van der Waals surface area contributed by atoms with Crippen LogP contribution in [0.2, 0.25) is 0 Å². The maximum Gasteiger partial charge on any atom is 0.326 e. The molecule has 118 valence electrons. The van der Waals surface area contributed by atoms with E-state index in [0.717, 1.165) is 17.7 Å². The lowest BCUT2D eigenvalue weighted by Crippen LogP contribution is -2.55. The molecule has 5 nitrogen and oxygen atoms in total. The Bertz CT molecular complexity index is 474. The van der Waals surface area contributed by atoms with Crippen molar-refractivity contribution in [3.05, 3.63) is 29.8 Å². The van der Waals surface area contributed by atoms with Crippen LogP contribution in [0.25, 0.3) is 0 Å². The average molecular weight is 294 g/mol. The fourth-order valence-electron chi connectivity index (χ4n) is 2.32. The van der Waals surface area contributed by atoms with Crippen LogP contribution in [0.15, 0.2) is 24.3 Å². The molecule has 21 heavy (non-hydrogen) atoms. The lowest BCUT2D eigenvalue weighted by molar-refractivity contribution is -0.147. The van der Waals surface area contributed by atoms with Gasteiger partial charge in [0.05, 0.1) is 14.2 Å². The number of para-hydroxylation sites is 1. The Balaban J connectivity index is 2.71. The van der Waals surface area contributed by atoms with Crippen molar-refractivity contribution in [3.8, 4) is 5.75 Å². The molecule has 5 heteroatoms. The molecule has 0 aliphatic carbocycles. The van der Waals surface area contributed by atoms with Gasteiger partial charge in [-0.15, -0.1) is 0 Å². The predicted octanol–water partition coefficient (Wildman–Crippen LogP) is 1.45. The van der Waals surface area contributed by atoms with Gasteiger partial charge in [-0.1, -0.05) is 18.2 Å². The lowest BCUT2D eigenvalue weighted by Gasteiger charge is -2.32. The smallest absolute Gasteiger partial charge is 0.326 e. The third-order valence-corrected chi connectivity index (χ3v) is 3.69. The number of hydrogen-bond donors (Lipinski definition) is 1. The van der Waals surface area contributed by atoms with E-state index >= 15 is 0 Å². The second kappa shape index (κ2) is 7.43. The summed E-state index contributed by atoms with van der Waals surface area (Å²) >= 11 is 0. The predicted molar refractivity (Wildman–Crippen MR) is 83.4 cm³/mol. The molecule has 2 unspecified atom stereocenters. The zero-order valence-corrected chi connectivity index (χ0v) is 13.6. The minimum atomic E-state index is -1.02. The quantitative estimate of drug-likeness (QED) is 0.771. The standard InChI is InChI=1S/C16H26N2O3/c1-12(10-13-8-6-7-9-14(13)20-4)18(3)11-16(2,17)15(19)21-5/h6-9,12H,10-11,17H2,1-5H3. The zero-order valence-electron chi connectivity index (χ0n) is 13.6. The van der Waals surface area contributed by atoms with E-state index in [4.69, 9.17) is 15.2 Å². The molecular weight excluding hydrogens is 268 g/mol. The number of esters is 1. The Morgan fingerprint density at radius 1 is 1.38 bits per heavy atom. The van der Waals surface area contributed by atoms with Gasteiger partial charge in [0.15, 0.2) is 0 Å². The summed E-state index contributed by atoms with van der Waals surface area (Å²) in [5, 5.41) is 0. The highest BCUT2D eigenvalue weighted by Gasteiger charge is 2.32. The topological polar surface area (TPSA) is 64.8 Å². The molecule has 2 N–H and O–H groups in total. The zero-order chi connectivity index (χ0) is 16.0. The van der Waals surface area contributed by atoms with E-state index < -0.39 is 11.5 Å². The summed E-state index contributed by atoms with van der Waals surface area (Å²) in [4.78, 5) is 13.7. The Hall–Kier alpha value is -1.59. The van der Waals surface area contributed by atoms with Crippen molar-refractivity contribution >= 4 is 5.97 Å². The first-order valence-electron chi connectivity index (χ1n) is 7.01. The van der Waals surface area contributed by atoms with Crippen LogP contribution in [0.3, 0.4) is 0 Å². The summed E-state index contributed by atoms with van der Waals surface area (Å²) in [5.74, 6) is 0.472. The molecule has 1 aromatic carbocycles. The Morgan fingerprint density at radius 2 is 2.00 bits per heavy atom. The molecular formula is C16H26N2O3. The van der Waals surface area contributed by atoms with Crippen LogP contribution in [-0.2, 0) is 16.0 Å². The van der Waals surface area contributed by atoms with Gasteiger partial charge in [-0.2, -0.15) is 0 Å². The lowest BCUT2D eigenvalue weighted by atomic mass is 10.0. The SMILES string of the molecule is COC(=O)C(C)(N)CN(C)C(C)Cc1ccccc1OC. The number of nitrogens with two attached hydrogens (primary N) is 1. The molecule has 0 saturated carbocycles. The van der Waals surface area contributed by atoms with Crippen LogP contribution < -0.4 is 10.5 Å². The highest BCUT2D eigenvalue weighted by Crippen LogP contribution is 2.20. The summed E-state index contributed by atoms with van der Waals surface area (Å²) in [6.45, 7) is 4.21. The van der Waals surface area contributed by atoms with Crippen LogP contribution in [0.4, 0.5) is 0 Å². The van der Waals surface area contributed by atoms with Gasteiger partial charge in [0.2, 0.25) is 0 Å². The summed E-state index contributed by atoms with van der Waals surface area (Å²) in [6.07, 6.45) is 0.817. The first kappa shape index (κ1) is 17.5. The van der Waals surface area contributed by atoms with Gasteiger partial charge in [0.1, 0.15) is 11.3 Å². The third-order valence-electron chi connectivity index (χ3n) is 3.69. The second-order valence-corrected chi connectivity index (χ2v) is 5.69.